The van der Waals surface area contributed by atoms with E-state index in [1.54, 1.807) is 13.8 Å². The molecule has 0 aromatic carbocycles. The molecule has 0 aromatic rings. The van der Waals surface area contributed by atoms with Gasteiger partial charge in [-0.2, -0.15) is 0 Å². The summed E-state index contributed by atoms with van der Waals surface area (Å²) in [6.45, 7) is 3.38. The van der Waals surface area contributed by atoms with Gasteiger partial charge in [0.25, 0.3) is 0 Å². The van der Waals surface area contributed by atoms with Crippen LogP contribution >= 0.6 is 0 Å². The second-order valence-corrected chi connectivity index (χ2v) is 2.24. The molecule has 0 heterocycles. The maximum Gasteiger partial charge on any atom is 0.163 e. The van der Waals surface area contributed by atoms with Crippen molar-refractivity contribution in [1.29, 1.82) is 0 Å². The highest BCUT2D eigenvalue weighted by molar-refractivity contribution is 5.83. The molecule has 0 saturated carbocycles. The van der Waals surface area contributed by atoms with Gasteiger partial charge in [-0.1, -0.05) is 13.8 Å². The van der Waals surface area contributed by atoms with Crippen LogP contribution in [0, 0.1) is 0 Å². The first-order chi connectivity index (χ1) is 4.63. The van der Waals surface area contributed by atoms with Crippen LogP contribution in [0.15, 0.2) is 0 Å². The van der Waals surface area contributed by atoms with Crippen molar-refractivity contribution in [3.05, 3.63) is 0 Å². The Labute approximate surface area is 60.7 Å². The predicted octanol–water partition coefficient (Wildman–Crippen LogP) is 0.0973. The molecule has 0 aliphatic heterocycles. The van der Waals surface area contributed by atoms with E-state index in [9.17, 15) is 4.79 Å². The van der Waals surface area contributed by atoms with Crippen LogP contribution in [-0.2, 0) is 4.79 Å². The summed E-state index contributed by atoms with van der Waals surface area (Å²) >= 11 is 0. The monoisotopic (exact) mass is 146 g/mol. The molecule has 60 valence electrons. The van der Waals surface area contributed by atoms with E-state index in [0.717, 1.165) is 0 Å². The fraction of sp³-hybridized carbons (Fsp3) is 0.857. The lowest BCUT2D eigenvalue weighted by atomic mass is 10.1. The molecule has 0 spiro atoms. The van der Waals surface area contributed by atoms with Gasteiger partial charge in [0, 0.05) is 6.42 Å². The summed E-state index contributed by atoms with van der Waals surface area (Å²) in [6.07, 6.45) is -1.40. The van der Waals surface area contributed by atoms with Crippen molar-refractivity contribution in [2.45, 2.75) is 38.9 Å². The van der Waals surface area contributed by atoms with Gasteiger partial charge in [0.05, 0.1) is 6.10 Å². The lowest BCUT2D eigenvalue weighted by Gasteiger charge is -2.13. The molecular formula is C7H14O3. The lowest BCUT2D eigenvalue weighted by Crippen LogP contribution is -2.32. The van der Waals surface area contributed by atoms with Crippen molar-refractivity contribution in [2.75, 3.05) is 0 Å². The number of hydrogen-bond acceptors (Lipinski definition) is 3. The Kier molecular flexibility index (Phi) is 4.23. The van der Waals surface area contributed by atoms with Crippen LogP contribution < -0.4 is 0 Å². The topological polar surface area (TPSA) is 57.5 Å². The third-order valence-electron chi connectivity index (χ3n) is 1.46. The van der Waals surface area contributed by atoms with Crippen LogP contribution in [-0.4, -0.2) is 28.2 Å². The highest BCUT2D eigenvalue weighted by Crippen LogP contribution is 2.01. The van der Waals surface area contributed by atoms with Gasteiger partial charge in [-0.3, -0.25) is 4.79 Å². The molecule has 0 rings (SSSR count). The molecule has 0 bridgehead atoms. The zero-order valence-corrected chi connectivity index (χ0v) is 6.37. The van der Waals surface area contributed by atoms with Crippen molar-refractivity contribution < 1.29 is 15.0 Å². The van der Waals surface area contributed by atoms with Gasteiger partial charge >= 0.3 is 0 Å². The molecule has 0 amide bonds. The number of aliphatic hydroxyl groups is 2. The Bertz CT molecular complexity index is 111. The summed E-state index contributed by atoms with van der Waals surface area (Å²) < 4.78 is 0. The fourth-order valence-electron chi connectivity index (χ4n) is 0.647. The van der Waals surface area contributed by atoms with Crippen molar-refractivity contribution in [3.8, 4) is 0 Å². The van der Waals surface area contributed by atoms with Gasteiger partial charge in [-0.05, 0) is 6.42 Å². The number of Topliss-reactive ketones (excluding diaryl/α,β-unsaturated/α-hetero) is 1. The first-order valence-electron chi connectivity index (χ1n) is 3.52. The first-order valence-corrected chi connectivity index (χ1v) is 3.52. The molecule has 0 radical (unpaired) electrons. The first kappa shape index (κ1) is 9.59. The Morgan fingerprint density at radius 3 is 2.20 bits per heavy atom. The molecule has 10 heavy (non-hydrogen) atoms. The van der Waals surface area contributed by atoms with Gasteiger partial charge in [-0.15, -0.1) is 0 Å². The number of ketones is 1. The average molecular weight is 146 g/mol. The molecule has 0 aliphatic rings. The highest BCUT2D eigenvalue weighted by Gasteiger charge is 2.20. The smallest absolute Gasteiger partial charge is 0.163 e. The maximum atomic E-state index is 10.7. The van der Waals surface area contributed by atoms with Crippen LogP contribution in [0.5, 0.6) is 0 Å². The highest BCUT2D eigenvalue weighted by atomic mass is 16.3. The SMILES string of the molecule is CCC(=O)[C@@H](O)[C@H](O)CC. The standard InChI is InChI=1S/C7H14O3/c1-3-5(8)7(10)6(9)4-2/h5,7-8,10H,3-4H2,1-2H3/t5-,7+/m1/s1. The second kappa shape index (κ2) is 4.41. The van der Waals surface area contributed by atoms with E-state index in [-0.39, 0.29) is 12.2 Å². The zero-order chi connectivity index (χ0) is 8.15. The van der Waals surface area contributed by atoms with E-state index >= 15 is 0 Å². The molecule has 2 atom stereocenters. The third-order valence-corrected chi connectivity index (χ3v) is 1.46. The summed E-state index contributed by atoms with van der Waals surface area (Å²) in [5.74, 6) is -0.297. The average Bonchev–Trinajstić information content (AvgIpc) is 2.00. The molecule has 3 heteroatoms. The van der Waals surface area contributed by atoms with Crippen molar-refractivity contribution in [1.82, 2.24) is 0 Å². The Hall–Kier alpha value is -0.410. The van der Waals surface area contributed by atoms with E-state index in [1.165, 1.54) is 0 Å². The Morgan fingerprint density at radius 1 is 1.40 bits per heavy atom. The van der Waals surface area contributed by atoms with Crippen molar-refractivity contribution in [3.63, 3.8) is 0 Å². The van der Waals surface area contributed by atoms with E-state index in [0.29, 0.717) is 6.42 Å². The van der Waals surface area contributed by atoms with Crippen LogP contribution in [0.1, 0.15) is 26.7 Å². The number of rotatable bonds is 4. The summed E-state index contributed by atoms with van der Waals surface area (Å²) in [5.41, 5.74) is 0. The second-order valence-electron chi connectivity index (χ2n) is 2.24. The number of hydrogen-bond donors (Lipinski definition) is 2. The van der Waals surface area contributed by atoms with Gasteiger partial charge in [0.1, 0.15) is 6.10 Å². The minimum absolute atomic E-state index is 0.276. The molecule has 3 nitrogen and oxygen atoms in total. The zero-order valence-electron chi connectivity index (χ0n) is 6.37. The molecular weight excluding hydrogens is 132 g/mol. The third kappa shape index (κ3) is 2.45. The van der Waals surface area contributed by atoms with Gasteiger partial charge in [0.2, 0.25) is 0 Å². The van der Waals surface area contributed by atoms with Crippen LogP contribution in [0.25, 0.3) is 0 Å². The summed E-state index contributed by atoms with van der Waals surface area (Å²) in [5, 5.41) is 17.9. The summed E-state index contributed by atoms with van der Waals surface area (Å²) in [7, 11) is 0. The number of carbonyl (C=O) groups excluding carboxylic acids is 1. The Balaban J connectivity index is 3.81. The van der Waals surface area contributed by atoms with E-state index in [2.05, 4.69) is 0 Å². The quantitative estimate of drug-likeness (QED) is 0.591. The van der Waals surface area contributed by atoms with E-state index in [1.807, 2.05) is 0 Å². The van der Waals surface area contributed by atoms with Gasteiger partial charge < -0.3 is 10.2 Å². The van der Waals surface area contributed by atoms with E-state index in [4.69, 9.17) is 10.2 Å². The molecule has 0 fully saturated rings. The molecule has 0 aliphatic carbocycles. The number of carbonyl (C=O) groups is 1. The maximum absolute atomic E-state index is 10.7. The largest absolute Gasteiger partial charge is 0.390 e. The predicted molar refractivity (Wildman–Crippen MR) is 37.6 cm³/mol. The minimum atomic E-state index is -1.19. The van der Waals surface area contributed by atoms with E-state index < -0.39 is 12.2 Å². The normalized spacial score (nSPS) is 16.4. The molecule has 2 N–H and O–H groups in total. The number of aliphatic hydroxyl groups excluding tert-OH is 2. The van der Waals surface area contributed by atoms with Crippen molar-refractivity contribution >= 4 is 5.78 Å². The lowest BCUT2D eigenvalue weighted by molar-refractivity contribution is -0.132. The van der Waals surface area contributed by atoms with Crippen LogP contribution in [0.4, 0.5) is 0 Å². The van der Waals surface area contributed by atoms with Crippen molar-refractivity contribution in [2.24, 2.45) is 0 Å². The van der Waals surface area contributed by atoms with Gasteiger partial charge in [0.15, 0.2) is 5.78 Å². The summed E-state index contributed by atoms with van der Waals surface area (Å²) in [6, 6.07) is 0. The summed E-state index contributed by atoms with van der Waals surface area (Å²) in [4.78, 5) is 10.7. The minimum Gasteiger partial charge on any atom is -0.390 e. The van der Waals surface area contributed by atoms with Crippen LogP contribution in [0.3, 0.4) is 0 Å². The molecule has 0 saturated heterocycles. The molecule has 0 unspecified atom stereocenters. The van der Waals surface area contributed by atoms with Gasteiger partial charge in [-0.25, -0.2) is 0 Å². The Morgan fingerprint density at radius 2 is 1.90 bits per heavy atom. The van der Waals surface area contributed by atoms with Crippen LogP contribution in [0.2, 0.25) is 0 Å². The molecule has 0 aromatic heterocycles. The fourth-order valence-corrected chi connectivity index (χ4v) is 0.647.